The lowest BCUT2D eigenvalue weighted by Crippen LogP contribution is -2.33. The zero-order chi connectivity index (χ0) is 14.8. The van der Waals surface area contributed by atoms with Gasteiger partial charge >= 0.3 is 5.97 Å². The maximum absolute atomic E-state index is 12.2. The molecule has 106 valence electrons. The summed E-state index contributed by atoms with van der Waals surface area (Å²) in [6, 6.07) is 7.36. The molecule has 0 spiro atoms. The molecule has 6 nitrogen and oxygen atoms in total. The van der Waals surface area contributed by atoms with Gasteiger partial charge in [-0.3, -0.25) is 4.79 Å². The minimum absolute atomic E-state index is 0.384. The van der Waals surface area contributed by atoms with Gasteiger partial charge in [-0.2, -0.15) is 0 Å². The third-order valence-electron chi connectivity index (χ3n) is 3.03. The topological polar surface area (TPSA) is 95.1 Å². The number of thiophene rings is 1. The van der Waals surface area contributed by atoms with Gasteiger partial charge < -0.3 is 15.4 Å². The molecule has 0 fully saturated rings. The molecule has 0 aliphatic carbocycles. The summed E-state index contributed by atoms with van der Waals surface area (Å²) in [5, 5.41) is 13.6. The van der Waals surface area contributed by atoms with E-state index in [-0.39, 0.29) is 0 Å². The Labute approximate surface area is 123 Å². The van der Waals surface area contributed by atoms with Crippen LogP contribution >= 0.6 is 11.3 Å². The van der Waals surface area contributed by atoms with E-state index in [1.165, 1.54) is 17.7 Å². The molecule has 7 heteroatoms. The van der Waals surface area contributed by atoms with Gasteiger partial charge in [0.1, 0.15) is 0 Å². The predicted molar refractivity (Wildman–Crippen MR) is 78.3 cm³/mol. The van der Waals surface area contributed by atoms with Crippen molar-refractivity contribution in [2.45, 2.75) is 6.04 Å². The van der Waals surface area contributed by atoms with Crippen LogP contribution < -0.4 is 5.32 Å². The number of aromatic amines is 1. The van der Waals surface area contributed by atoms with Gasteiger partial charge in [-0.1, -0.05) is 6.07 Å². The fraction of sp³-hybridized carbons (Fsp3) is 0.0714. The molecule has 1 aromatic carbocycles. The van der Waals surface area contributed by atoms with E-state index in [0.29, 0.717) is 10.4 Å². The predicted octanol–water partition coefficient (Wildman–Crippen LogP) is 2.18. The minimum atomic E-state index is -1.09. The fourth-order valence-electron chi connectivity index (χ4n) is 2.00. The van der Waals surface area contributed by atoms with E-state index in [4.69, 9.17) is 0 Å². The van der Waals surface area contributed by atoms with Crippen molar-refractivity contribution in [3.8, 4) is 0 Å². The molecule has 1 amide bonds. The highest BCUT2D eigenvalue weighted by Crippen LogP contribution is 2.20. The quantitative estimate of drug-likeness (QED) is 0.688. The Kier molecular flexibility index (Phi) is 3.41. The fourth-order valence-corrected chi connectivity index (χ4v) is 2.77. The Morgan fingerprint density at radius 1 is 1.33 bits per heavy atom. The number of carboxylic acids is 1. The summed E-state index contributed by atoms with van der Waals surface area (Å²) < 4.78 is 0. The average molecular weight is 301 g/mol. The van der Waals surface area contributed by atoms with E-state index in [2.05, 4.69) is 15.3 Å². The van der Waals surface area contributed by atoms with Crippen LogP contribution in [-0.2, 0) is 4.79 Å². The van der Waals surface area contributed by atoms with Gasteiger partial charge in [0.2, 0.25) is 0 Å². The van der Waals surface area contributed by atoms with Crippen LogP contribution in [0.1, 0.15) is 21.3 Å². The van der Waals surface area contributed by atoms with Crippen molar-refractivity contribution in [2.75, 3.05) is 0 Å². The summed E-state index contributed by atoms with van der Waals surface area (Å²) in [5.41, 5.74) is 1.86. The second-order valence-corrected chi connectivity index (χ2v) is 5.37. The lowest BCUT2D eigenvalue weighted by atomic mass is 10.1. The molecule has 1 unspecified atom stereocenters. The highest BCUT2D eigenvalue weighted by molar-refractivity contribution is 7.10. The Balaban J connectivity index is 1.85. The molecule has 3 rings (SSSR count). The van der Waals surface area contributed by atoms with Crippen LogP contribution in [0.15, 0.2) is 42.0 Å². The number of benzene rings is 1. The number of hydrogen-bond acceptors (Lipinski definition) is 4. The number of nitrogens with one attached hydrogen (secondary N) is 2. The summed E-state index contributed by atoms with van der Waals surface area (Å²) >= 11 is 1.29. The number of aliphatic carboxylic acids is 1. The summed E-state index contributed by atoms with van der Waals surface area (Å²) in [6.45, 7) is 0. The minimum Gasteiger partial charge on any atom is -0.479 e. The summed E-state index contributed by atoms with van der Waals surface area (Å²) in [7, 11) is 0. The van der Waals surface area contributed by atoms with Gasteiger partial charge in [-0.25, -0.2) is 9.78 Å². The van der Waals surface area contributed by atoms with Crippen LogP contribution in [0.2, 0.25) is 0 Å². The van der Waals surface area contributed by atoms with E-state index in [9.17, 15) is 14.7 Å². The molecular weight excluding hydrogens is 290 g/mol. The second kappa shape index (κ2) is 5.37. The van der Waals surface area contributed by atoms with Crippen molar-refractivity contribution in [3.63, 3.8) is 0 Å². The van der Waals surface area contributed by atoms with E-state index >= 15 is 0 Å². The Morgan fingerprint density at radius 2 is 2.19 bits per heavy atom. The molecule has 0 saturated heterocycles. The molecule has 0 bridgehead atoms. The number of carbonyl (C=O) groups excluding carboxylic acids is 1. The number of carboxylic acid groups (broad SMARTS) is 1. The highest BCUT2D eigenvalue weighted by Gasteiger charge is 2.23. The highest BCUT2D eigenvalue weighted by atomic mass is 32.1. The first-order chi connectivity index (χ1) is 10.1. The van der Waals surface area contributed by atoms with Crippen molar-refractivity contribution in [1.82, 2.24) is 15.3 Å². The number of imidazole rings is 1. The maximum Gasteiger partial charge on any atom is 0.331 e. The third kappa shape index (κ3) is 2.63. The molecule has 2 heterocycles. The maximum atomic E-state index is 12.2. The van der Waals surface area contributed by atoms with Gasteiger partial charge in [0.25, 0.3) is 5.91 Å². The number of carbonyl (C=O) groups is 2. The van der Waals surface area contributed by atoms with Crippen molar-refractivity contribution < 1.29 is 14.7 Å². The number of H-pyrrole nitrogens is 1. The Hall–Kier alpha value is -2.67. The number of hydrogen-bond donors (Lipinski definition) is 3. The zero-order valence-corrected chi connectivity index (χ0v) is 11.6. The number of nitrogens with zero attached hydrogens (tertiary/aromatic N) is 1. The summed E-state index contributed by atoms with van der Waals surface area (Å²) in [6.07, 6.45) is 1.54. The molecule has 0 saturated carbocycles. The summed E-state index contributed by atoms with van der Waals surface area (Å²) in [4.78, 5) is 31.1. The number of amides is 1. The van der Waals surface area contributed by atoms with Crippen LogP contribution in [0.4, 0.5) is 0 Å². The smallest absolute Gasteiger partial charge is 0.331 e. The Morgan fingerprint density at radius 3 is 2.90 bits per heavy atom. The second-order valence-electron chi connectivity index (χ2n) is 4.39. The molecular formula is C14H11N3O3S. The van der Waals surface area contributed by atoms with E-state index in [1.54, 1.807) is 35.7 Å². The first-order valence-corrected chi connectivity index (χ1v) is 7.03. The Bertz CT molecular complexity index is 795. The molecule has 3 aromatic rings. The van der Waals surface area contributed by atoms with Crippen molar-refractivity contribution in [3.05, 3.63) is 52.5 Å². The molecule has 21 heavy (non-hydrogen) atoms. The van der Waals surface area contributed by atoms with E-state index in [1.807, 2.05) is 0 Å². The van der Waals surface area contributed by atoms with Crippen molar-refractivity contribution in [1.29, 1.82) is 0 Å². The molecule has 0 aliphatic heterocycles. The average Bonchev–Trinajstić information content (AvgIpc) is 3.14. The number of rotatable bonds is 4. The SMILES string of the molecule is O=C(NC(C(=O)O)c1cccs1)c1ccc2nc[nH]c2c1. The zero-order valence-electron chi connectivity index (χ0n) is 10.7. The third-order valence-corrected chi connectivity index (χ3v) is 3.97. The first kappa shape index (κ1) is 13.3. The molecule has 2 aromatic heterocycles. The van der Waals surface area contributed by atoms with Crippen LogP contribution in [0.5, 0.6) is 0 Å². The molecule has 0 aliphatic rings. The van der Waals surface area contributed by atoms with Crippen LogP contribution in [0, 0.1) is 0 Å². The van der Waals surface area contributed by atoms with Crippen LogP contribution in [0.25, 0.3) is 11.0 Å². The lowest BCUT2D eigenvalue weighted by Gasteiger charge is -2.13. The number of fused-ring (bicyclic) bond motifs is 1. The van der Waals surface area contributed by atoms with Crippen molar-refractivity contribution >= 4 is 34.2 Å². The molecule has 1 atom stereocenters. The standard InChI is InChI=1S/C14H11N3O3S/c18-13(8-3-4-9-10(6-8)16-7-15-9)17-12(14(19)20)11-2-1-5-21-11/h1-7,12H,(H,15,16)(H,17,18)(H,19,20). The number of aromatic nitrogens is 2. The van der Waals surface area contributed by atoms with Gasteiger partial charge in [0, 0.05) is 10.4 Å². The summed E-state index contributed by atoms with van der Waals surface area (Å²) in [5.74, 6) is -1.53. The first-order valence-electron chi connectivity index (χ1n) is 6.15. The van der Waals surface area contributed by atoms with Gasteiger partial charge in [-0.05, 0) is 29.6 Å². The largest absolute Gasteiger partial charge is 0.479 e. The van der Waals surface area contributed by atoms with Crippen LogP contribution in [-0.4, -0.2) is 27.0 Å². The van der Waals surface area contributed by atoms with Crippen LogP contribution in [0.3, 0.4) is 0 Å². The molecule has 0 radical (unpaired) electrons. The molecule has 3 N–H and O–H groups in total. The van der Waals surface area contributed by atoms with E-state index < -0.39 is 17.9 Å². The van der Waals surface area contributed by atoms with Gasteiger partial charge in [0.05, 0.1) is 17.4 Å². The van der Waals surface area contributed by atoms with Gasteiger partial charge in [-0.15, -0.1) is 11.3 Å². The van der Waals surface area contributed by atoms with Gasteiger partial charge in [0.15, 0.2) is 6.04 Å². The monoisotopic (exact) mass is 301 g/mol. The van der Waals surface area contributed by atoms with Crippen molar-refractivity contribution in [2.24, 2.45) is 0 Å². The lowest BCUT2D eigenvalue weighted by molar-refractivity contribution is -0.139. The van der Waals surface area contributed by atoms with E-state index in [0.717, 1.165) is 11.0 Å². The normalized spacial score (nSPS) is 12.2.